The molecule has 0 aliphatic carbocycles. The molecule has 1 unspecified atom stereocenters. The summed E-state index contributed by atoms with van der Waals surface area (Å²) in [5.74, 6) is -0.156. The van der Waals surface area contributed by atoms with Gasteiger partial charge in [0, 0.05) is 23.7 Å². The van der Waals surface area contributed by atoms with Crippen LogP contribution in [0.15, 0.2) is 9.59 Å². The average molecular weight is 198 g/mol. The van der Waals surface area contributed by atoms with E-state index in [2.05, 4.69) is 4.98 Å². The summed E-state index contributed by atoms with van der Waals surface area (Å²) >= 11 is 0. The van der Waals surface area contributed by atoms with Crippen molar-refractivity contribution in [2.75, 3.05) is 6.67 Å². The fourth-order valence-electron chi connectivity index (χ4n) is 1.87. The van der Waals surface area contributed by atoms with Crippen molar-refractivity contribution in [1.82, 2.24) is 9.55 Å². The molecule has 76 valence electrons. The largest absolute Gasteiger partial charge is 0.328 e. The van der Waals surface area contributed by atoms with Gasteiger partial charge < -0.3 is 0 Å². The minimum atomic E-state index is -0.450. The van der Waals surface area contributed by atoms with Gasteiger partial charge in [-0.15, -0.1) is 0 Å². The first-order valence-electron chi connectivity index (χ1n) is 4.52. The van der Waals surface area contributed by atoms with Gasteiger partial charge in [-0.05, 0) is 13.3 Å². The molecule has 1 atom stereocenters. The maximum Gasteiger partial charge on any atom is 0.328 e. The van der Waals surface area contributed by atoms with Crippen molar-refractivity contribution in [3.8, 4) is 0 Å². The summed E-state index contributed by atoms with van der Waals surface area (Å²) in [7, 11) is 0. The second-order valence-corrected chi connectivity index (χ2v) is 3.67. The Bertz CT molecular complexity index is 475. The number of fused-ring (bicyclic) bond motifs is 1. The number of hydrogen-bond acceptors (Lipinski definition) is 2. The molecule has 1 aromatic heterocycles. The number of alkyl halides is 1. The fraction of sp³-hybridized carbons (Fsp3) is 0.556. The highest BCUT2D eigenvalue weighted by molar-refractivity contribution is 5.19. The predicted octanol–water partition coefficient (Wildman–Crippen LogP) is -0.0132. The lowest BCUT2D eigenvalue weighted by Gasteiger charge is -2.02. The Labute approximate surface area is 79.4 Å². The van der Waals surface area contributed by atoms with E-state index in [-0.39, 0.29) is 11.5 Å². The van der Waals surface area contributed by atoms with Gasteiger partial charge in [0.2, 0.25) is 0 Å². The van der Waals surface area contributed by atoms with E-state index in [1.165, 1.54) is 4.57 Å². The van der Waals surface area contributed by atoms with Crippen LogP contribution in [0, 0.1) is 12.8 Å². The standard InChI is InChI=1S/C9H11FN2O2/c1-5-7-2-6(3-10)4-12(7)9(14)11-8(5)13/h6H,2-4H2,1H3,(H,11,13,14). The number of hydrogen-bond donors (Lipinski definition) is 1. The van der Waals surface area contributed by atoms with Gasteiger partial charge in [0.05, 0.1) is 6.67 Å². The molecule has 0 saturated carbocycles. The third kappa shape index (κ3) is 1.20. The number of nitrogens with one attached hydrogen (secondary N) is 1. The first-order chi connectivity index (χ1) is 6.63. The van der Waals surface area contributed by atoms with E-state index in [0.717, 1.165) is 0 Å². The normalized spacial score (nSPS) is 19.7. The smallest absolute Gasteiger partial charge is 0.297 e. The monoisotopic (exact) mass is 198 g/mol. The quantitative estimate of drug-likeness (QED) is 0.689. The van der Waals surface area contributed by atoms with Crippen LogP contribution in [0.5, 0.6) is 0 Å². The highest BCUT2D eigenvalue weighted by Gasteiger charge is 2.24. The number of rotatable bonds is 1. The predicted molar refractivity (Wildman–Crippen MR) is 49.2 cm³/mol. The molecule has 4 nitrogen and oxygen atoms in total. The van der Waals surface area contributed by atoms with Crippen LogP contribution in [0.25, 0.3) is 0 Å². The SMILES string of the molecule is Cc1c2n(c(=O)[nH]c1=O)CC(CF)C2. The van der Waals surface area contributed by atoms with Crippen LogP contribution in [0.3, 0.4) is 0 Å². The summed E-state index contributed by atoms with van der Waals surface area (Å²) in [6, 6.07) is 0. The number of aromatic nitrogens is 2. The summed E-state index contributed by atoms with van der Waals surface area (Å²) in [6.45, 7) is 1.59. The second kappa shape index (κ2) is 3.08. The third-order valence-electron chi connectivity index (χ3n) is 2.71. The fourth-order valence-corrected chi connectivity index (χ4v) is 1.87. The molecular formula is C9H11FN2O2. The molecule has 5 heteroatoms. The van der Waals surface area contributed by atoms with Crippen molar-refractivity contribution in [3.63, 3.8) is 0 Å². The molecule has 0 radical (unpaired) electrons. The van der Waals surface area contributed by atoms with Crippen LogP contribution in [-0.2, 0) is 13.0 Å². The zero-order chi connectivity index (χ0) is 10.3. The maximum atomic E-state index is 12.4. The molecule has 0 spiro atoms. The van der Waals surface area contributed by atoms with Crippen LogP contribution in [0.2, 0.25) is 0 Å². The summed E-state index contributed by atoms with van der Waals surface area (Å²) < 4.78 is 13.9. The number of aromatic amines is 1. The van der Waals surface area contributed by atoms with Crippen LogP contribution in [0.4, 0.5) is 4.39 Å². The molecule has 0 saturated heterocycles. The van der Waals surface area contributed by atoms with E-state index in [1.54, 1.807) is 6.92 Å². The van der Waals surface area contributed by atoms with Gasteiger partial charge in [0.1, 0.15) is 0 Å². The van der Waals surface area contributed by atoms with Gasteiger partial charge in [-0.25, -0.2) is 4.79 Å². The maximum absolute atomic E-state index is 12.4. The Morgan fingerprint density at radius 1 is 1.57 bits per heavy atom. The van der Waals surface area contributed by atoms with Gasteiger partial charge in [0.25, 0.3) is 5.56 Å². The lowest BCUT2D eigenvalue weighted by Crippen LogP contribution is -2.31. The van der Waals surface area contributed by atoms with Crippen molar-refractivity contribution < 1.29 is 4.39 Å². The van der Waals surface area contributed by atoms with Gasteiger partial charge in [-0.1, -0.05) is 0 Å². The summed E-state index contributed by atoms with van der Waals surface area (Å²) in [4.78, 5) is 24.8. The first kappa shape index (κ1) is 9.18. The van der Waals surface area contributed by atoms with Gasteiger partial charge in [-0.3, -0.25) is 18.7 Å². The second-order valence-electron chi connectivity index (χ2n) is 3.67. The number of halogens is 1. The van der Waals surface area contributed by atoms with E-state index in [1.807, 2.05) is 0 Å². The van der Waals surface area contributed by atoms with Crippen molar-refractivity contribution in [3.05, 3.63) is 32.1 Å². The summed E-state index contributed by atoms with van der Waals surface area (Å²) in [5.41, 5.74) is 0.425. The molecule has 0 bridgehead atoms. The van der Waals surface area contributed by atoms with Gasteiger partial charge in [-0.2, -0.15) is 0 Å². The van der Waals surface area contributed by atoms with E-state index in [0.29, 0.717) is 24.2 Å². The van der Waals surface area contributed by atoms with E-state index in [4.69, 9.17) is 0 Å². The van der Waals surface area contributed by atoms with Gasteiger partial charge in [0.15, 0.2) is 0 Å². The van der Waals surface area contributed by atoms with E-state index >= 15 is 0 Å². The number of H-pyrrole nitrogens is 1. The molecule has 1 aliphatic rings. The van der Waals surface area contributed by atoms with Crippen LogP contribution in [-0.4, -0.2) is 16.2 Å². The molecule has 1 N–H and O–H groups in total. The number of nitrogens with zero attached hydrogens (tertiary/aromatic N) is 1. The molecule has 2 rings (SSSR count). The Hall–Kier alpha value is -1.39. The molecule has 2 heterocycles. The molecule has 0 amide bonds. The zero-order valence-corrected chi connectivity index (χ0v) is 7.84. The van der Waals surface area contributed by atoms with Crippen molar-refractivity contribution in [1.29, 1.82) is 0 Å². The van der Waals surface area contributed by atoms with Crippen LogP contribution >= 0.6 is 0 Å². The Kier molecular flexibility index (Phi) is 2.02. The van der Waals surface area contributed by atoms with Crippen molar-refractivity contribution >= 4 is 0 Å². The molecule has 0 fully saturated rings. The third-order valence-corrected chi connectivity index (χ3v) is 2.71. The Morgan fingerprint density at radius 2 is 2.29 bits per heavy atom. The molecule has 14 heavy (non-hydrogen) atoms. The highest BCUT2D eigenvalue weighted by Crippen LogP contribution is 2.19. The topological polar surface area (TPSA) is 54.9 Å². The van der Waals surface area contributed by atoms with Gasteiger partial charge >= 0.3 is 5.69 Å². The lowest BCUT2D eigenvalue weighted by molar-refractivity contribution is 0.354. The molecule has 0 aromatic carbocycles. The Morgan fingerprint density at radius 3 is 2.93 bits per heavy atom. The highest BCUT2D eigenvalue weighted by atomic mass is 19.1. The lowest BCUT2D eigenvalue weighted by atomic mass is 10.1. The van der Waals surface area contributed by atoms with E-state index < -0.39 is 12.4 Å². The zero-order valence-electron chi connectivity index (χ0n) is 7.84. The minimum Gasteiger partial charge on any atom is -0.297 e. The first-order valence-corrected chi connectivity index (χ1v) is 4.52. The minimum absolute atomic E-state index is 0.156. The van der Waals surface area contributed by atoms with Crippen molar-refractivity contribution in [2.24, 2.45) is 5.92 Å². The van der Waals surface area contributed by atoms with E-state index in [9.17, 15) is 14.0 Å². The average Bonchev–Trinajstić information content (AvgIpc) is 2.58. The van der Waals surface area contributed by atoms with Crippen LogP contribution < -0.4 is 11.2 Å². The molecular weight excluding hydrogens is 187 g/mol. The Balaban J connectivity index is 2.62. The molecule has 1 aliphatic heterocycles. The summed E-state index contributed by atoms with van der Waals surface area (Å²) in [5, 5.41) is 0. The van der Waals surface area contributed by atoms with Crippen LogP contribution in [0.1, 0.15) is 11.3 Å². The summed E-state index contributed by atoms with van der Waals surface area (Å²) in [6.07, 6.45) is 0.488. The molecule has 1 aromatic rings. The van der Waals surface area contributed by atoms with Crippen molar-refractivity contribution in [2.45, 2.75) is 19.9 Å².